The summed E-state index contributed by atoms with van der Waals surface area (Å²) >= 11 is 0. The topological polar surface area (TPSA) is 29.1 Å². The molecule has 0 saturated carbocycles. The number of rotatable bonds is 5. The Balaban J connectivity index is 2.51. The Morgan fingerprint density at radius 2 is 2.00 bits per heavy atom. The van der Waals surface area contributed by atoms with Gasteiger partial charge in [0.25, 0.3) is 0 Å². The van der Waals surface area contributed by atoms with Gasteiger partial charge in [-0.3, -0.25) is 9.88 Å². The minimum absolute atomic E-state index is 0.129. The van der Waals surface area contributed by atoms with Crippen molar-refractivity contribution in [2.45, 2.75) is 13.3 Å². The van der Waals surface area contributed by atoms with Crippen LogP contribution in [0.25, 0.3) is 0 Å². The predicted octanol–water partition coefficient (Wildman–Crippen LogP) is 2.24. The third-order valence-corrected chi connectivity index (χ3v) is 2.68. The van der Waals surface area contributed by atoms with Gasteiger partial charge in [-0.05, 0) is 25.6 Å². The number of carbonyl (C=O) groups is 1. The van der Waals surface area contributed by atoms with E-state index in [4.69, 9.17) is 0 Å². The quantitative estimate of drug-likeness (QED) is 0.458. The van der Waals surface area contributed by atoms with Crippen LogP contribution in [0.1, 0.15) is 22.8 Å². The smallest absolute Gasteiger partial charge is 0.159 e. The van der Waals surface area contributed by atoms with Crippen LogP contribution in [0.15, 0.2) is 24.3 Å². The molecule has 0 aliphatic carbocycles. The monoisotopic (exact) mass is 209 g/mol. The van der Waals surface area contributed by atoms with Gasteiger partial charge in [0, 0.05) is 12.1 Å². The number of benzene rings is 1. The molecule has 0 aliphatic rings. The zero-order valence-corrected chi connectivity index (χ0v) is 9.63. The fourth-order valence-corrected chi connectivity index (χ4v) is 1.61. The Kier molecular flexibility index (Phi) is 4.78. The van der Waals surface area contributed by atoms with Crippen molar-refractivity contribution in [1.29, 1.82) is 0 Å². The van der Waals surface area contributed by atoms with Crippen molar-refractivity contribution in [1.82, 2.24) is 5.09 Å². The Labute approximate surface area is 86.9 Å². The lowest BCUT2D eigenvalue weighted by Crippen LogP contribution is -2.06. The normalized spacial score (nSPS) is 11.0. The molecule has 0 saturated heterocycles. The SMILES string of the molecule is CPNCCc1ccc(C(C)=O)cc1. The Morgan fingerprint density at radius 3 is 2.50 bits per heavy atom. The van der Waals surface area contributed by atoms with E-state index in [1.807, 2.05) is 24.3 Å². The Bertz CT molecular complexity index is 295. The van der Waals surface area contributed by atoms with E-state index < -0.39 is 0 Å². The van der Waals surface area contributed by atoms with Crippen LogP contribution >= 0.6 is 8.73 Å². The van der Waals surface area contributed by atoms with Crippen molar-refractivity contribution in [2.75, 3.05) is 13.2 Å². The highest BCUT2D eigenvalue weighted by Crippen LogP contribution is 2.06. The number of Topliss-reactive ketones (excluding diaryl/α,β-unsaturated/α-hetero) is 1. The largest absolute Gasteiger partial charge is 0.298 e. The summed E-state index contributed by atoms with van der Waals surface area (Å²) in [6.07, 6.45) is 1.03. The van der Waals surface area contributed by atoms with Crippen molar-refractivity contribution in [3.63, 3.8) is 0 Å². The fraction of sp³-hybridized carbons (Fsp3) is 0.364. The standard InChI is InChI=1S/C11H16NOP/c1-9(13)11-5-3-10(4-6-11)7-8-12-14-2/h3-6,12,14H,7-8H2,1-2H3. The van der Waals surface area contributed by atoms with Gasteiger partial charge in [-0.15, -0.1) is 0 Å². The lowest BCUT2D eigenvalue weighted by molar-refractivity contribution is 0.101. The molecule has 1 aromatic carbocycles. The summed E-state index contributed by atoms with van der Waals surface area (Å²) < 4.78 is 0. The summed E-state index contributed by atoms with van der Waals surface area (Å²) in [6, 6.07) is 7.84. The van der Waals surface area contributed by atoms with Crippen molar-refractivity contribution < 1.29 is 4.79 Å². The van der Waals surface area contributed by atoms with Gasteiger partial charge >= 0.3 is 0 Å². The van der Waals surface area contributed by atoms with E-state index in [2.05, 4.69) is 11.8 Å². The van der Waals surface area contributed by atoms with Crippen LogP contribution in [0.4, 0.5) is 0 Å². The average molecular weight is 209 g/mol. The number of nitrogens with one attached hydrogen (secondary N) is 1. The van der Waals surface area contributed by atoms with Crippen LogP contribution in [0.3, 0.4) is 0 Å². The number of carbonyl (C=O) groups excluding carboxylic acids is 1. The average Bonchev–Trinajstić information content (AvgIpc) is 2.19. The molecule has 0 aliphatic heterocycles. The van der Waals surface area contributed by atoms with Crippen LogP contribution in [-0.2, 0) is 6.42 Å². The van der Waals surface area contributed by atoms with E-state index in [0.29, 0.717) is 0 Å². The molecule has 1 atom stereocenters. The number of hydrogen-bond acceptors (Lipinski definition) is 2. The molecule has 0 aromatic heterocycles. The molecule has 0 heterocycles. The first kappa shape index (κ1) is 11.4. The summed E-state index contributed by atoms with van der Waals surface area (Å²) in [6.45, 7) is 4.72. The first-order chi connectivity index (χ1) is 6.74. The van der Waals surface area contributed by atoms with E-state index in [9.17, 15) is 4.79 Å². The number of ketones is 1. The van der Waals surface area contributed by atoms with E-state index >= 15 is 0 Å². The second-order valence-corrected chi connectivity index (χ2v) is 4.03. The molecule has 1 N–H and O–H groups in total. The fourth-order valence-electron chi connectivity index (χ4n) is 1.24. The van der Waals surface area contributed by atoms with Crippen molar-refractivity contribution in [2.24, 2.45) is 0 Å². The molecular weight excluding hydrogens is 193 g/mol. The van der Waals surface area contributed by atoms with E-state index in [1.54, 1.807) is 6.92 Å². The molecule has 3 heteroatoms. The Morgan fingerprint density at radius 1 is 1.36 bits per heavy atom. The maximum atomic E-state index is 11.0. The maximum Gasteiger partial charge on any atom is 0.159 e. The third-order valence-electron chi connectivity index (χ3n) is 2.08. The van der Waals surface area contributed by atoms with Crippen LogP contribution in [0.2, 0.25) is 0 Å². The van der Waals surface area contributed by atoms with Gasteiger partial charge in [0.1, 0.15) is 0 Å². The maximum absolute atomic E-state index is 11.0. The van der Waals surface area contributed by atoms with Crippen LogP contribution in [0.5, 0.6) is 0 Å². The van der Waals surface area contributed by atoms with Crippen molar-refractivity contribution in [3.05, 3.63) is 35.4 Å². The first-order valence-electron chi connectivity index (χ1n) is 4.73. The number of hydrogen-bond donors (Lipinski definition) is 1. The third kappa shape index (κ3) is 3.57. The zero-order valence-electron chi connectivity index (χ0n) is 8.63. The van der Waals surface area contributed by atoms with Gasteiger partial charge < -0.3 is 0 Å². The molecular formula is C11H16NOP. The molecule has 0 spiro atoms. The lowest BCUT2D eigenvalue weighted by Gasteiger charge is -2.02. The van der Waals surface area contributed by atoms with E-state index in [-0.39, 0.29) is 5.78 Å². The first-order valence-corrected chi connectivity index (χ1v) is 6.23. The molecule has 0 amide bonds. The van der Waals surface area contributed by atoms with Gasteiger partial charge in [0.15, 0.2) is 5.78 Å². The van der Waals surface area contributed by atoms with Gasteiger partial charge in [0.05, 0.1) is 0 Å². The second-order valence-electron chi connectivity index (χ2n) is 3.18. The second kappa shape index (κ2) is 5.90. The zero-order chi connectivity index (χ0) is 10.4. The van der Waals surface area contributed by atoms with Gasteiger partial charge in [-0.25, -0.2) is 0 Å². The van der Waals surface area contributed by atoms with Crippen molar-refractivity contribution in [3.8, 4) is 0 Å². The van der Waals surface area contributed by atoms with Crippen LogP contribution in [-0.4, -0.2) is 19.0 Å². The highest BCUT2D eigenvalue weighted by Gasteiger charge is 1.98. The van der Waals surface area contributed by atoms with E-state index in [0.717, 1.165) is 27.3 Å². The summed E-state index contributed by atoms with van der Waals surface area (Å²) in [5.74, 6) is 0.129. The molecule has 1 unspecified atom stereocenters. The van der Waals surface area contributed by atoms with Gasteiger partial charge in [0.2, 0.25) is 0 Å². The molecule has 0 radical (unpaired) electrons. The van der Waals surface area contributed by atoms with Crippen molar-refractivity contribution >= 4 is 14.5 Å². The predicted molar refractivity (Wildman–Crippen MR) is 62.4 cm³/mol. The molecule has 14 heavy (non-hydrogen) atoms. The molecule has 1 rings (SSSR count). The molecule has 1 aromatic rings. The summed E-state index contributed by atoms with van der Waals surface area (Å²) in [4.78, 5) is 11.0. The summed E-state index contributed by atoms with van der Waals surface area (Å²) in [7, 11) is 0.799. The van der Waals surface area contributed by atoms with Gasteiger partial charge in [-0.2, -0.15) is 0 Å². The van der Waals surface area contributed by atoms with E-state index in [1.165, 1.54) is 5.56 Å². The molecule has 0 fully saturated rings. The highest BCUT2D eigenvalue weighted by molar-refractivity contribution is 7.34. The van der Waals surface area contributed by atoms with Crippen LogP contribution < -0.4 is 5.09 Å². The molecule has 0 bridgehead atoms. The lowest BCUT2D eigenvalue weighted by atomic mass is 10.1. The molecule has 76 valence electrons. The Hall–Kier alpha value is -0.720. The summed E-state index contributed by atoms with van der Waals surface area (Å²) in [5, 5.41) is 3.29. The highest BCUT2D eigenvalue weighted by atomic mass is 31.1. The van der Waals surface area contributed by atoms with Gasteiger partial charge in [-0.1, -0.05) is 33.0 Å². The minimum atomic E-state index is 0.129. The summed E-state index contributed by atoms with van der Waals surface area (Å²) in [5.41, 5.74) is 2.07. The van der Waals surface area contributed by atoms with Crippen LogP contribution in [0, 0.1) is 0 Å². The molecule has 2 nitrogen and oxygen atoms in total. The minimum Gasteiger partial charge on any atom is -0.298 e.